The van der Waals surface area contributed by atoms with Crippen LogP contribution in [0.1, 0.15) is 43.4 Å². The van der Waals surface area contributed by atoms with Crippen molar-refractivity contribution in [1.29, 1.82) is 0 Å². The van der Waals surface area contributed by atoms with Gasteiger partial charge in [0.2, 0.25) is 5.89 Å². The summed E-state index contributed by atoms with van der Waals surface area (Å²) in [7, 11) is 0. The predicted molar refractivity (Wildman–Crippen MR) is 80.2 cm³/mol. The first-order valence-corrected chi connectivity index (χ1v) is 7.53. The summed E-state index contributed by atoms with van der Waals surface area (Å²) in [6, 6.07) is 5.09. The molecule has 7 nitrogen and oxygen atoms in total. The van der Waals surface area contributed by atoms with E-state index in [-0.39, 0.29) is 12.1 Å². The molecule has 0 saturated carbocycles. The van der Waals surface area contributed by atoms with Gasteiger partial charge in [-0.25, -0.2) is 9.78 Å². The van der Waals surface area contributed by atoms with Crippen LogP contribution in [0.4, 0.5) is 10.6 Å². The molecule has 0 unspecified atom stereocenters. The number of amides is 2. The van der Waals surface area contributed by atoms with Crippen molar-refractivity contribution in [2.45, 2.75) is 38.6 Å². The average molecular weight is 301 g/mol. The van der Waals surface area contributed by atoms with Crippen LogP contribution in [0.15, 0.2) is 28.9 Å². The first-order chi connectivity index (χ1) is 10.7. The lowest BCUT2D eigenvalue weighted by atomic mass is 10.1. The summed E-state index contributed by atoms with van der Waals surface area (Å²) < 4.78 is 5.07. The highest BCUT2D eigenvalue weighted by Gasteiger charge is 2.30. The van der Waals surface area contributed by atoms with E-state index < -0.39 is 0 Å². The van der Waals surface area contributed by atoms with Gasteiger partial charge in [0.15, 0.2) is 5.82 Å². The molecule has 22 heavy (non-hydrogen) atoms. The maximum atomic E-state index is 12.6. The molecule has 116 valence electrons. The fourth-order valence-electron chi connectivity index (χ4n) is 2.69. The summed E-state index contributed by atoms with van der Waals surface area (Å²) >= 11 is 0. The van der Waals surface area contributed by atoms with E-state index in [1.807, 2.05) is 12.1 Å². The number of aromatic nitrogens is 3. The molecule has 7 heteroatoms. The number of nitrogens with zero attached hydrogens (tertiary/aromatic N) is 4. The summed E-state index contributed by atoms with van der Waals surface area (Å²) in [5.41, 5.74) is 0. The van der Waals surface area contributed by atoms with Crippen molar-refractivity contribution in [2.75, 3.05) is 11.9 Å². The Labute approximate surface area is 128 Å². The number of nitrogens with one attached hydrogen (secondary N) is 1. The summed E-state index contributed by atoms with van der Waals surface area (Å²) in [6.07, 6.45) is 5.61. The van der Waals surface area contributed by atoms with Crippen molar-refractivity contribution in [1.82, 2.24) is 20.0 Å². The molecule has 1 atom stereocenters. The van der Waals surface area contributed by atoms with Gasteiger partial charge in [0.05, 0.1) is 6.04 Å². The van der Waals surface area contributed by atoms with Crippen LogP contribution in [0.3, 0.4) is 0 Å². The molecule has 2 aromatic heterocycles. The van der Waals surface area contributed by atoms with Crippen molar-refractivity contribution in [3.8, 4) is 0 Å². The second-order valence-corrected chi connectivity index (χ2v) is 5.38. The molecule has 1 aliphatic rings. The maximum absolute atomic E-state index is 12.6. The van der Waals surface area contributed by atoms with E-state index in [1.165, 1.54) is 0 Å². The molecule has 2 amide bonds. The van der Waals surface area contributed by atoms with Crippen LogP contribution in [0.2, 0.25) is 0 Å². The third-order valence-corrected chi connectivity index (χ3v) is 3.75. The Morgan fingerprint density at radius 3 is 3.00 bits per heavy atom. The number of hydrogen-bond donors (Lipinski definition) is 1. The van der Waals surface area contributed by atoms with Crippen molar-refractivity contribution >= 4 is 11.8 Å². The standard InChI is InChI=1S/C15H19N5O2/c1-11-17-14(19-22-11)12-7-3-2-6-10-20(12)15(21)18-13-8-4-5-9-16-13/h4-5,8-9,12H,2-3,6-7,10H2,1H3,(H,16,18,21)/t12-/m0/s1. The van der Waals surface area contributed by atoms with E-state index in [2.05, 4.69) is 20.4 Å². The third-order valence-electron chi connectivity index (χ3n) is 3.75. The zero-order valence-corrected chi connectivity index (χ0v) is 12.5. The maximum Gasteiger partial charge on any atom is 0.323 e. The van der Waals surface area contributed by atoms with Crippen LogP contribution in [-0.4, -0.2) is 32.6 Å². The van der Waals surface area contributed by atoms with Crippen LogP contribution in [0, 0.1) is 6.92 Å². The molecule has 3 heterocycles. The van der Waals surface area contributed by atoms with Crippen LogP contribution in [0.5, 0.6) is 0 Å². The Morgan fingerprint density at radius 1 is 1.36 bits per heavy atom. The zero-order chi connectivity index (χ0) is 15.4. The lowest BCUT2D eigenvalue weighted by molar-refractivity contribution is 0.184. The number of aryl methyl sites for hydroxylation is 1. The molecule has 1 N–H and O–H groups in total. The highest BCUT2D eigenvalue weighted by atomic mass is 16.5. The first kappa shape index (κ1) is 14.5. The Kier molecular flexibility index (Phi) is 4.32. The van der Waals surface area contributed by atoms with E-state index in [9.17, 15) is 4.79 Å². The molecule has 0 radical (unpaired) electrons. The minimum absolute atomic E-state index is 0.149. The van der Waals surface area contributed by atoms with Gasteiger partial charge >= 0.3 is 6.03 Å². The van der Waals surface area contributed by atoms with Gasteiger partial charge in [-0.3, -0.25) is 5.32 Å². The molecule has 1 saturated heterocycles. The van der Waals surface area contributed by atoms with Crippen molar-refractivity contribution in [3.05, 3.63) is 36.1 Å². The Morgan fingerprint density at radius 2 is 2.27 bits per heavy atom. The van der Waals surface area contributed by atoms with Crippen LogP contribution in [-0.2, 0) is 0 Å². The van der Waals surface area contributed by atoms with Crippen molar-refractivity contribution < 1.29 is 9.32 Å². The lowest BCUT2D eigenvalue weighted by Crippen LogP contribution is -2.38. The molecule has 0 bridgehead atoms. The van der Waals surface area contributed by atoms with Gasteiger partial charge in [0, 0.05) is 19.7 Å². The quantitative estimate of drug-likeness (QED) is 0.922. The molecule has 2 aromatic rings. The summed E-state index contributed by atoms with van der Waals surface area (Å²) in [6.45, 7) is 2.43. The number of anilines is 1. The van der Waals surface area contributed by atoms with Gasteiger partial charge in [-0.2, -0.15) is 4.98 Å². The van der Waals surface area contributed by atoms with E-state index in [1.54, 1.807) is 24.1 Å². The molecular weight excluding hydrogens is 282 g/mol. The lowest BCUT2D eigenvalue weighted by Gasteiger charge is -2.27. The molecular formula is C15H19N5O2. The topological polar surface area (TPSA) is 84.2 Å². The smallest absolute Gasteiger partial charge is 0.323 e. The first-order valence-electron chi connectivity index (χ1n) is 7.53. The van der Waals surface area contributed by atoms with Crippen LogP contribution >= 0.6 is 0 Å². The zero-order valence-electron chi connectivity index (χ0n) is 12.5. The molecule has 1 aliphatic heterocycles. The molecule has 3 rings (SSSR count). The van der Waals surface area contributed by atoms with Gasteiger partial charge in [-0.15, -0.1) is 0 Å². The SMILES string of the molecule is Cc1nc([C@@H]2CCCCCN2C(=O)Nc2ccccn2)no1. The van der Waals surface area contributed by atoms with Crippen LogP contribution < -0.4 is 5.32 Å². The Bertz CT molecular complexity index is 628. The number of rotatable bonds is 2. The molecule has 0 aliphatic carbocycles. The number of likely N-dealkylation sites (tertiary alicyclic amines) is 1. The van der Waals surface area contributed by atoms with Gasteiger partial charge in [0.1, 0.15) is 5.82 Å². The minimum atomic E-state index is -0.173. The van der Waals surface area contributed by atoms with Gasteiger partial charge in [0.25, 0.3) is 0 Å². The predicted octanol–water partition coefficient (Wildman–Crippen LogP) is 2.92. The van der Waals surface area contributed by atoms with Gasteiger partial charge in [-0.05, 0) is 25.0 Å². The van der Waals surface area contributed by atoms with E-state index >= 15 is 0 Å². The fourth-order valence-corrected chi connectivity index (χ4v) is 2.69. The highest BCUT2D eigenvalue weighted by Crippen LogP contribution is 2.28. The Hall–Kier alpha value is -2.44. The number of hydrogen-bond acceptors (Lipinski definition) is 5. The second kappa shape index (κ2) is 6.55. The second-order valence-electron chi connectivity index (χ2n) is 5.38. The van der Waals surface area contributed by atoms with Gasteiger partial charge < -0.3 is 9.42 Å². The average Bonchev–Trinajstić information content (AvgIpc) is 2.81. The number of carbonyl (C=O) groups excluding carboxylic acids is 1. The molecule has 0 aromatic carbocycles. The highest BCUT2D eigenvalue weighted by molar-refractivity contribution is 5.88. The summed E-state index contributed by atoms with van der Waals surface area (Å²) in [4.78, 5) is 22.8. The van der Waals surface area contributed by atoms with Crippen molar-refractivity contribution in [3.63, 3.8) is 0 Å². The summed E-state index contributed by atoms with van der Waals surface area (Å²) in [5, 5.41) is 6.83. The third kappa shape index (κ3) is 3.24. The number of pyridine rings is 1. The van der Waals surface area contributed by atoms with E-state index in [0.717, 1.165) is 25.7 Å². The van der Waals surface area contributed by atoms with E-state index in [0.29, 0.717) is 24.1 Å². The number of urea groups is 1. The Balaban J connectivity index is 1.79. The molecule has 0 spiro atoms. The summed E-state index contributed by atoms with van der Waals surface area (Å²) in [5.74, 6) is 1.64. The monoisotopic (exact) mass is 301 g/mol. The van der Waals surface area contributed by atoms with Gasteiger partial charge in [-0.1, -0.05) is 24.1 Å². The largest absolute Gasteiger partial charge is 0.340 e. The number of carbonyl (C=O) groups is 1. The van der Waals surface area contributed by atoms with Crippen molar-refractivity contribution in [2.24, 2.45) is 0 Å². The fraction of sp³-hybridized carbons (Fsp3) is 0.467. The van der Waals surface area contributed by atoms with Crippen LogP contribution in [0.25, 0.3) is 0 Å². The normalized spacial score (nSPS) is 18.8. The van der Waals surface area contributed by atoms with E-state index in [4.69, 9.17) is 4.52 Å². The minimum Gasteiger partial charge on any atom is -0.340 e. The molecule has 1 fully saturated rings.